The van der Waals surface area contributed by atoms with Crippen LogP contribution in [0.4, 0.5) is 0 Å². The third-order valence-electron chi connectivity index (χ3n) is 4.76. The summed E-state index contributed by atoms with van der Waals surface area (Å²) in [6.07, 6.45) is 4.26. The summed E-state index contributed by atoms with van der Waals surface area (Å²) in [5, 5.41) is 3.41. The molecule has 2 atom stereocenters. The first kappa shape index (κ1) is 15.0. The van der Waals surface area contributed by atoms with Crippen LogP contribution in [0.15, 0.2) is 29.2 Å². The number of sulfonamides is 1. The van der Waals surface area contributed by atoms with Crippen molar-refractivity contribution in [3.63, 3.8) is 0 Å². The van der Waals surface area contributed by atoms with Gasteiger partial charge >= 0.3 is 0 Å². The van der Waals surface area contributed by atoms with Crippen molar-refractivity contribution < 1.29 is 8.42 Å². The standard InChI is InChI=1S/C16H24N2O2S/c1-13-6-8-15(9-7-13)21(19,20)18-11-3-5-16(18)14-4-2-10-17-12-14/h6-9,14,16-17H,2-5,10-12H2,1H3. The van der Waals surface area contributed by atoms with Crippen molar-refractivity contribution >= 4 is 10.0 Å². The van der Waals surface area contributed by atoms with Crippen LogP contribution in [0, 0.1) is 12.8 Å². The quantitative estimate of drug-likeness (QED) is 0.931. The summed E-state index contributed by atoms with van der Waals surface area (Å²) in [6.45, 7) is 4.65. The summed E-state index contributed by atoms with van der Waals surface area (Å²) in [4.78, 5) is 0.434. The highest BCUT2D eigenvalue weighted by atomic mass is 32.2. The molecule has 2 fully saturated rings. The molecule has 21 heavy (non-hydrogen) atoms. The summed E-state index contributed by atoms with van der Waals surface area (Å²) >= 11 is 0. The normalized spacial score (nSPS) is 27.9. The van der Waals surface area contributed by atoms with Crippen LogP contribution in [-0.4, -0.2) is 38.4 Å². The summed E-state index contributed by atoms with van der Waals surface area (Å²) in [7, 11) is -3.35. The van der Waals surface area contributed by atoms with E-state index in [1.165, 1.54) is 0 Å². The van der Waals surface area contributed by atoms with E-state index in [4.69, 9.17) is 0 Å². The number of hydrogen-bond donors (Lipinski definition) is 1. The molecule has 0 saturated carbocycles. The second-order valence-electron chi connectivity index (χ2n) is 6.24. The Labute approximate surface area is 127 Å². The summed E-state index contributed by atoms with van der Waals surface area (Å²) in [5.41, 5.74) is 1.09. The number of nitrogens with zero attached hydrogens (tertiary/aromatic N) is 1. The largest absolute Gasteiger partial charge is 0.316 e. The van der Waals surface area contributed by atoms with Crippen LogP contribution < -0.4 is 5.32 Å². The number of piperidine rings is 1. The zero-order chi connectivity index (χ0) is 14.9. The minimum atomic E-state index is -3.35. The van der Waals surface area contributed by atoms with E-state index in [1.807, 2.05) is 19.1 Å². The fourth-order valence-corrected chi connectivity index (χ4v) is 5.34. The van der Waals surface area contributed by atoms with Gasteiger partial charge in [-0.15, -0.1) is 0 Å². The van der Waals surface area contributed by atoms with Crippen molar-refractivity contribution in [3.05, 3.63) is 29.8 Å². The van der Waals surface area contributed by atoms with Gasteiger partial charge in [0, 0.05) is 12.6 Å². The molecule has 0 radical (unpaired) electrons. The average Bonchev–Trinajstić information content (AvgIpc) is 2.99. The van der Waals surface area contributed by atoms with Gasteiger partial charge < -0.3 is 5.32 Å². The van der Waals surface area contributed by atoms with Crippen molar-refractivity contribution in [2.45, 2.75) is 43.5 Å². The fourth-order valence-electron chi connectivity index (χ4n) is 3.59. The Morgan fingerprint density at radius 1 is 1.14 bits per heavy atom. The van der Waals surface area contributed by atoms with Crippen molar-refractivity contribution in [2.75, 3.05) is 19.6 Å². The van der Waals surface area contributed by atoms with E-state index >= 15 is 0 Å². The highest BCUT2D eigenvalue weighted by molar-refractivity contribution is 7.89. The summed E-state index contributed by atoms with van der Waals surface area (Å²) < 4.78 is 27.6. The highest BCUT2D eigenvalue weighted by Gasteiger charge is 2.39. The smallest absolute Gasteiger partial charge is 0.243 e. The molecule has 1 aromatic carbocycles. The van der Waals surface area contributed by atoms with Gasteiger partial charge in [0.05, 0.1) is 4.90 Å². The van der Waals surface area contributed by atoms with E-state index in [0.29, 0.717) is 17.4 Å². The Kier molecular flexibility index (Phi) is 4.33. The van der Waals surface area contributed by atoms with Crippen molar-refractivity contribution in [3.8, 4) is 0 Å². The Balaban J connectivity index is 1.84. The SMILES string of the molecule is Cc1ccc(S(=O)(=O)N2CCCC2C2CCCNC2)cc1. The zero-order valence-electron chi connectivity index (χ0n) is 12.6. The zero-order valence-corrected chi connectivity index (χ0v) is 13.4. The number of hydrogen-bond acceptors (Lipinski definition) is 3. The maximum atomic E-state index is 12.9. The average molecular weight is 308 g/mol. The van der Waals surface area contributed by atoms with Crippen molar-refractivity contribution in [1.29, 1.82) is 0 Å². The number of benzene rings is 1. The van der Waals surface area contributed by atoms with Crippen LogP contribution in [0.1, 0.15) is 31.2 Å². The molecule has 116 valence electrons. The van der Waals surface area contributed by atoms with E-state index in [0.717, 1.165) is 44.3 Å². The third kappa shape index (κ3) is 3.00. The first-order valence-corrected chi connectivity index (χ1v) is 9.32. The maximum absolute atomic E-state index is 12.9. The molecule has 5 heteroatoms. The van der Waals surface area contributed by atoms with Gasteiger partial charge in [-0.25, -0.2) is 8.42 Å². The van der Waals surface area contributed by atoms with Gasteiger partial charge in [-0.2, -0.15) is 4.31 Å². The number of aryl methyl sites for hydroxylation is 1. The number of nitrogens with one attached hydrogen (secondary N) is 1. The molecule has 2 aliphatic heterocycles. The minimum absolute atomic E-state index is 0.170. The van der Waals surface area contributed by atoms with E-state index < -0.39 is 10.0 Å². The van der Waals surface area contributed by atoms with Gasteiger partial charge in [0.25, 0.3) is 0 Å². The van der Waals surface area contributed by atoms with E-state index in [9.17, 15) is 8.42 Å². The van der Waals surface area contributed by atoms with E-state index in [2.05, 4.69) is 5.32 Å². The van der Waals surface area contributed by atoms with Gasteiger partial charge in [-0.3, -0.25) is 0 Å². The summed E-state index contributed by atoms with van der Waals surface area (Å²) in [5.74, 6) is 0.460. The lowest BCUT2D eigenvalue weighted by molar-refractivity contribution is 0.239. The molecule has 2 heterocycles. The second kappa shape index (κ2) is 6.07. The maximum Gasteiger partial charge on any atom is 0.243 e. The van der Waals surface area contributed by atoms with Gasteiger partial charge in [0.15, 0.2) is 0 Å². The molecule has 1 N–H and O–H groups in total. The van der Waals surface area contributed by atoms with Crippen molar-refractivity contribution in [2.24, 2.45) is 5.92 Å². The molecule has 2 saturated heterocycles. The molecule has 0 aliphatic carbocycles. The van der Waals surface area contributed by atoms with E-state index in [1.54, 1.807) is 16.4 Å². The lowest BCUT2D eigenvalue weighted by Gasteiger charge is -2.33. The molecular weight excluding hydrogens is 284 g/mol. The molecular formula is C16H24N2O2S. The first-order valence-electron chi connectivity index (χ1n) is 7.88. The molecule has 0 aromatic heterocycles. The van der Waals surface area contributed by atoms with Crippen LogP contribution in [0.3, 0.4) is 0 Å². The minimum Gasteiger partial charge on any atom is -0.316 e. The molecule has 2 unspecified atom stereocenters. The van der Waals surface area contributed by atoms with Crippen molar-refractivity contribution in [1.82, 2.24) is 9.62 Å². The van der Waals surface area contributed by atoms with Crippen LogP contribution in [-0.2, 0) is 10.0 Å². The van der Waals surface area contributed by atoms with Crippen LogP contribution in [0.2, 0.25) is 0 Å². The fraction of sp³-hybridized carbons (Fsp3) is 0.625. The second-order valence-corrected chi connectivity index (χ2v) is 8.14. The Hall–Kier alpha value is -0.910. The number of rotatable bonds is 3. The van der Waals surface area contributed by atoms with Gasteiger partial charge in [-0.05, 0) is 63.7 Å². The topological polar surface area (TPSA) is 49.4 Å². The van der Waals surface area contributed by atoms with Gasteiger partial charge in [0.1, 0.15) is 0 Å². The van der Waals surface area contributed by atoms with Gasteiger partial charge in [-0.1, -0.05) is 17.7 Å². The lowest BCUT2D eigenvalue weighted by Crippen LogP contribution is -2.45. The highest BCUT2D eigenvalue weighted by Crippen LogP contribution is 2.32. The van der Waals surface area contributed by atoms with Crippen LogP contribution in [0.5, 0.6) is 0 Å². The Morgan fingerprint density at radius 3 is 2.57 bits per heavy atom. The monoisotopic (exact) mass is 308 g/mol. The third-order valence-corrected chi connectivity index (χ3v) is 6.69. The Morgan fingerprint density at radius 2 is 1.90 bits per heavy atom. The first-order chi connectivity index (χ1) is 10.1. The molecule has 0 amide bonds. The molecule has 0 spiro atoms. The molecule has 2 aliphatic rings. The van der Waals surface area contributed by atoms with Crippen LogP contribution in [0.25, 0.3) is 0 Å². The van der Waals surface area contributed by atoms with Crippen LogP contribution >= 0.6 is 0 Å². The molecule has 0 bridgehead atoms. The molecule has 1 aromatic rings. The summed E-state index contributed by atoms with van der Waals surface area (Å²) in [6, 6.07) is 7.39. The van der Waals surface area contributed by atoms with Gasteiger partial charge in [0.2, 0.25) is 10.0 Å². The lowest BCUT2D eigenvalue weighted by atomic mass is 9.91. The molecule has 3 rings (SSSR count). The predicted octanol–water partition coefficient (Wildman–Crippen LogP) is 2.15. The van der Waals surface area contributed by atoms with E-state index in [-0.39, 0.29) is 6.04 Å². The molecule has 4 nitrogen and oxygen atoms in total. The predicted molar refractivity (Wildman–Crippen MR) is 83.7 cm³/mol. The Bertz CT molecular complexity index is 577.